The van der Waals surface area contributed by atoms with Gasteiger partial charge in [0.2, 0.25) is 0 Å². The van der Waals surface area contributed by atoms with Crippen molar-refractivity contribution in [2.24, 2.45) is 0 Å². The Kier molecular flexibility index (Phi) is 4.68. The number of hydrogen-bond donors (Lipinski definition) is 4. The van der Waals surface area contributed by atoms with E-state index in [4.69, 9.17) is 0 Å². The van der Waals surface area contributed by atoms with E-state index in [1.165, 1.54) is 0 Å². The number of aliphatic hydroxyl groups excluding tert-OH is 2. The van der Waals surface area contributed by atoms with E-state index < -0.39 is 24.4 Å². The van der Waals surface area contributed by atoms with E-state index in [0.717, 1.165) is 11.1 Å². The van der Waals surface area contributed by atoms with Gasteiger partial charge in [-0.2, -0.15) is 0 Å². The van der Waals surface area contributed by atoms with Gasteiger partial charge in [0, 0.05) is 0 Å². The van der Waals surface area contributed by atoms with Crippen LogP contribution in [0.15, 0.2) is 48.5 Å². The normalized spacial score (nSPS) is 16.8. The summed E-state index contributed by atoms with van der Waals surface area (Å²) >= 11 is 0. The first-order valence-corrected chi connectivity index (χ1v) is 7.19. The van der Waals surface area contributed by atoms with E-state index in [1.54, 1.807) is 50.2 Å². The summed E-state index contributed by atoms with van der Waals surface area (Å²) in [4.78, 5) is 0. The molecule has 0 radical (unpaired) electrons. The second kappa shape index (κ2) is 6.18. The largest absolute Gasteiger partial charge is 0.393 e. The molecule has 0 unspecified atom stereocenters. The highest BCUT2D eigenvalue weighted by molar-refractivity contribution is 5.41. The lowest BCUT2D eigenvalue weighted by Gasteiger charge is -2.43. The molecule has 118 valence electrons. The van der Waals surface area contributed by atoms with Crippen LogP contribution in [0.1, 0.15) is 22.3 Å². The third-order valence-electron chi connectivity index (χ3n) is 4.32. The van der Waals surface area contributed by atoms with Gasteiger partial charge in [-0.3, -0.25) is 0 Å². The van der Waals surface area contributed by atoms with Gasteiger partial charge < -0.3 is 20.4 Å². The molecule has 2 atom stereocenters. The van der Waals surface area contributed by atoms with Crippen molar-refractivity contribution in [1.82, 2.24) is 0 Å². The van der Waals surface area contributed by atoms with Crippen molar-refractivity contribution in [3.63, 3.8) is 0 Å². The van der Waals surface area contributed by atoms with E-state index in [1.807, 2.05) is 12.1 Å². The lowest BCUT2D eigenvalue weighted by Crippen LogP contribution is -2.55. The average Bonchev–Trinajstić information content (AvgIpc) is 2.54. The molecule has 0 heterocycles. The molecule has 0 fully saturated rings. The van der Waals surface area contributed by atoms with Crippen molar-refractivity contribution in [3.8, 4) is 0 Å². The summed E-state index contributed by atoms with van der Waals surface area (Å²) in [6, 6.07) is 13.9. The maximum Gasteiger partial charge on any atom is 0.148 e. The van der Waals surface area contributed by atoms with Gasteiger partial charge in [0.25, 0.3) is 0 Å². The summed E-state index contributed by atoms with van der Waals surface area (Å²) in [6.07, 6.45) is 0. The fourth-order valence-corrected chi connectivity index (χ4v) is 2.95. The lowest BCUT2D eigenvalue weighted by molar-refractivity contribution is -0.203. The third kappa shape index (κ3) is 2.44. The van der Waals surface area contributed by atoms with Gasteiger partial charge in [0.15, 0.2) is 0 Å². The van der Waals surface area contributed by atoms with Gasteiger partial charge in [-0.05, 0) is 36.1 Å². The van der Waals surface area contributed by atoms with Crippen LogP contribution in [0, 0.1) is 13.8 Å². The second-order valence-corrected chi connectivity index (χ2v) is 5.67. The number of hydrogen-bond acceptors (Lipinski definition) is 4. The molecule has 0 amide bonds. The molecule has 4 nitrogen and oxygen atoms in total. The average molecular weight is 302 g/mol. The number of benzene rings is 2. The molecule has 0 saturated carbocycles. The fraction of sp³-hybridized carbons (Fsp3) is 0.333. The molecular formula is C18H22O4. The van der Waals surface area contributed by atoms with E-state index in [0.29, 0.717) is 11.1 Å². The Balaban J connectivity index is 2.70. The molecule has 0 aliphatic rings. The van der Waals surface area contributed by atoms with Crippen LogP contribution in [0.2, 0.25) is 0 Å². The third-order valence-corrected chi connectivity index (χ3v) is 4.32. The van der Waals surface area contributed by atoms with Gasteiger partial charge >= 0.3 is 0 Å². The van der Waals surface area contributed by atoms with Crippen molar-refractivity contribution in [1.29, 1.82) is 0 Å². The zero-order valence-corrected chi connectivity index (χ0v) is 12.8. The molecule has 4 heteroatoms. The quantitative estimate of drug-likeness (QED) is 0.672. The first-order valence-electron chi connectivity index (χ1n) is 7.19. The monoisotopic (exact) mass is 302 g/mol. The van der Waals surface area contributed by atoms with Crippen LogP contribution in [0.3, 0.4) is 0 Å². The summed E-state index contributed by atoms with van der Waals surface area (Å²) in [5.41, 5.74) is -1.81. The first-order chi connectivity index (χ1) is 10.4. The van der Waals surface area contributed by atoms with Crippen LogP contribution < -0.4 is 0 Å². The van der Waals surface area contributed by atoms with Crippen LogP contribution in [0.25, 0.3) is 0 Å². The maximum absolute atomic E-state index is 11.1. The molecule has 2 rings (SSSR count). The zero-order valence-electron chi connectivity index (χ0n) is 12.8. The molecule has 0 spiro atoms. The van der Waals surface area contributed by atoms with Crippen LogP contribution in [-0.4, -0.2) is 33.6 Å². The van der Waals surface area contributed by atoms with E-state index in [-0.39, 0.29) is 0 Å². The van der Waals surface area contributed by atoms with E-state index >= 15 is 0 Å². The smallest absolute Gasteiger partial charge is 0.148 e. The van der Waals surface area contributed by atoms with Gasteiger partial charge in [-0.25, -0.2) is 0 Å². The van der Waals surface area contributed by atoms with E-state index in [9.17, 15) is 20.4 Å². The molecular weight excluding hydrogens is 280 g/mol. The van der Waals surface area contributed by atoms with Gasteiger partial charge in [0.1, 0.15) is 11.2 Å². The molecule has 0 aromatic heterocycles. The summed E-state index contributed by atoms with van der Waals surface area (Å²) in [5, 5.41) is 41.9. The number of aliphatic hydroxyl groups is 4. The van der Waals surface area contributed by atoms with Crippen LogP contribution in [0.5, 0.6) is 0 Å². The highest BCUT2D eigenvalue weighted by Crippen LogP contribution is 2.42. The van der Waals surface area contributed by atoms with Crippen LogP contribution in [0.4, 0.5) is 0 Å². The molecule has 0 aliphatic heterocycles. The number of rotatable bonds is 5. The van der Waals surface area contributed by atoms with E-state index in [2.05, 4.69) is 0 Å². The van der Waals surface area contributed by atoms with Crippen LogP contribution in [-0.2, 0) is 11.2 Å². The summed E-state index contributed by atoms with van der Waals surface area (Å²) < 4.78 is 0. The Bertz CT molecular complexity index is 598. The van der Waals surface area contributed by atoms with Gasteiger partial charge in [-0.15, -0.1) is 0 Å². The molecule has 2 aromatic carbocycles. The van der Waals surface area contributed by atoms with Crippen molar-refractivity contribution in [2.45, 2.75) is 25.0 Å². The fourth-order valence-electron chi connectivity index (χ4n) is 2.95. The Morgan fingerprint density at radius 1 is 0.682 bits per heavy atom. The molecule has 0 aliphatic carbocycles. The highest BCUT2D eigenvalue weighted by atomic mass is 16.4. The standard InChI is InChI=1S/C18H22O4/c1-13-7-3-5-9-15(13)17(21,11-19)18(22,12-20)16-10-6-4-8-14(16)2/h3-10,19-22H,11-12H2,1-2H3/t17-,18+. The minimum Gasteiger partial charge on any atom is -0.393 e. The Labute approximate surface area is 130 Å². The predicted octanol–water partition coefficient (Wildman–Crippen LogP) is 1.36. The minimum absolute atomic E-state index is 0.386. The zero-order chi connectivity index (χ0) is 16.4. The predicted molar refractivity (Wildman–Crippen MR) is 84.3 cm³/mol. The first kappa shape index (κ1) is 16.6. The van der Waals surface area contributed by atoms with Crippen molar-refractivity contribution >= 4 is 0 Å². The summed E-state index contributed by atoms with van der Waals surface area (Å²) in [6.45, 7) is 2.13. The molecule has 22 heavy (non-hydrogen) atoms. The molecule has 2 aromatic rings. The summed E-state index contributed by atoms with van der Waals surface area (Å²) in [5.74, 6) is 0. The lowest BCUT2D eigenvalue weighted by atomic mass is 9.72. The van der Waals surface area contributed by atoms with Crippen LogP contribution >= 0.6 is 0 Å². The van der Waals surface area contributed by atoms with Crippen molar-refractivity contribution in [3.05, 3.63) is 70.8 Å². The Morgan fingerprint density at radius 3 is 1.27 bits per heavy atom. The van der Waals surface area contributed by atoms with Gasteiger partial charge in [-0.1, -0.05) is 48.5 Å². The maximum atomic E-state index is 11.1. The minimum atomic E-state index is -2.01. The SMILES string of the molecule is Cc1ccccc1[C@](O)(CO)[C@](O)(CO)c1ccccc1C. The highest BCUT2D eigenvalue weighted by Gasteiger charge is 2.52. The molecule has 0 saturated heterocycles. The Hall–Kier alpha value is -1.72. The topological polar surface area (TPSA) is 80.9 Å². The summed E-state index contributed by atoms with van der Waals surface area (Å²) in [7, 11) is 0. The molecule has 0 bridgehead atoms. The molecule has 4 N–H and O–H groups in total. The second-order valence-electron chi connectivity index (χ2n) is 5.67. The Morgan fingerprint density at radius 2 is 1.00 bits per heavy atom. The van der Waals surface area contributed by atoms with Crippen molar-refractivity contribution < 1.29 is 20.4 Å². The number of aryl methyl sites for hydroxylation is 2. The van der Waals surface area contributed by atoms with Crippen molar-refractivity contribution in [2.75, 3.05) is 13.2 Å². The van der Waals surface area contributed by atoms with Gasteiger partial charge in [0.05, 0.1) is 13.2 Å².